The van der Waals surface area contributed by atoms with Gasteiger partial charge in [-0.2, -0.15) is 0 Å². The van der Waals surface area contributed by atoms with Gasteiger partial charge in [0.05, 0.1) is 0 Å². The first-order chi connectivity index (χ1) is 15.1. The van der Waals surface area contributed by atoms with E-state index in [4.69, 9.17) is 5.73 Å². The molecule has 2 heterocycles. The second-order valence-corrected chi connectivity index (χ2v) is 8.63. The standard InChI is InChI=1S/C26H28N4O/c27-23-9-3-8-22(12-23)26(31)29-14-18-4-1-6-20(10-18)21-7-2-5-19(11-21)16-30-17-24-13-25(30)15-28-24/h1-12,24-25,28H,13-17,27H2,(H,29,31)/t24-,25+/m0/s1. The van der Waals surface area contributed by atoms with Crippen molar-refractivity contribution in [3.05, 3.63) is 89.5 Å². The largest absolute Gasteiger partial charge is 0.399 e. The predicted octanol–water partition coefficient (Wildman–Crippen LogP) is 3.41. The van der Waals surface area contributed by atoms with E-state index in [0.29, 0.717) is 29.9 Å². The number of hydrogen-bond donors (Lipinski definition) is 3. The molecule has 2 aliphatic rings. The van der Waals surface area contributed by atoms with E-state index in [9.17, 15) is 4.79 Å². The number of nitrogens with zero attached hydrogens (tertiary/aromatic N) is 1. The maximum absolute atomic E-state index is 12.4. The molecule has 2 aliphatic heterocycles. The number of fused-ring (bicyclic) bond motifs is 2. The molecule has 0 unspecified atom stereocenters. The zero-order valence-corrected chi connectivity index (χ0v) is 17.6. The number of nitrogens with one attached hydrogen (secondary N) is 2. The molecule has 2 fully saturated rings. The molecule has 0 aromatic heterocycles. The van der Waals surface area contributed by atoms with Gasteiger partial charge in [0, 0.05) is 49.5 Å². The topological polar surface area (TPSA) is 70.4 Å². The van der Waals surface area contributed by atoms with Crippen molar-refractivity contribution in [1.82, 2.24) is 15.5 Å². The van der Waals surface area contributed by atoms with Crippen LogP contribution >= 0.6 is 0 Å². The molecule has 3 aromatic carbocycles. The summed E-state index contributed by atoms with van der Waals surface area (Å²) in [6.07, 6.45) is 1.28. The van der Waals surface area contributed by atoms with Crippen molar-refractivity contribution in [3.8, 4) is 11.1 Å². The molecule has 5 nitrogen and oxygen atoms in total. The summed E-state index contributed by atoms with van der Waals surface area (Å²) in [7, 11) is 0. The van der Waals surface area contributed by atoms with Gasteiger partial charge in [0.1, 0.15) is 0 Å². The van der Waals surface area contributed by atoms with Crippen LogP contribution in [0.2, 0.25) is 0 Å². The van der Waals surface area contributed by atoms with Gasteiger partial charge in [-0.15, -0.1) is 0 Å². The van der Waals surface area contributed by atoms with E-state index < -0.39 is 0 Å². The fourth-order valence-electron chi connectivity index (χ4n) is 4.75. The summed E-state index contributed by atoms with van der Waals surface area (Å²) in [6, 6.07) is 25.6. The van der Waals surface area contributed by atoms with Crippen molar-refractivity contribution < 1.29 is 4.79 Å². The lowest BCUT2D eigenvalue weighted by molar-refractivity contribution is 0.0951. The van der Waals surface area contributed by atoms with Gasteiger partial charge >= 0.3 is 0 Å². The Kier molecular flexibility index (Phi) is 5.45. The van der Waals surface area contributed by atoms with Crippen molar-refractivity contribution in [1.29, 1.82) is 0 Å². The third-order valence-corrected chi connectivity index (χ3v) is 6.34. The van der Waals surface area contributed by atoms with E-state index in [2.05, 4.69) is 58.0 Å². The summed E-state index contributed by atoms with van der Waals surface area (Å²) in [6.45, 7) is 3.75. The van der Waals surface area contributed by atoms with Crippen LogP contribution in [-0.2, 0) is 13.1 Å². The van der Waals surface area contributed by atoms with Crippen molar-refractivity contribution in [3.63, 3.8) is 0 Å². The zero-order chi connectivity index (χ0) is 21.2. The number of amides is 1. The third-order valence-electron chi connectivity index (χ3n) is 6.34. The highest BCUT2D eigenvalue weighted by Crippen LogP contribution is 2.27. The van der Waals surface area contributed by atoms with Gasteiger partial charge in [-0.3, -0.25) is 9.69 Å². The van der Waals surface area contributed by atoms with E-state index >= 15 is 0 Å². The Morgan fingerprint density at radius 3 is 2.45 bits per heavy atom. The molecule has 2 bridgehead atoms. The monoisotopic (exact) mass is 412 g/mol. The molecule has 5 heteroatoms. The Morgan fingerprint density at radius 2 is 1.74 bits per heavy atom. The number of nitrogens with two attached hydrogens (primary N) is 1. The SMILES string of the molecule is Nc1cccc(C(=O)NCc2cccc(-c3cccc(CN4C[C@@H]5C[C@@H]4CN5)c3)c2)c1. The number of piperazine rings is 1. The average Bonchev–Trinajstić information content (AvgIpc) is 3.41. The average molecular weight is 413 g/mol. The molecule has 5 rings (SSSR count). The molecule has 158 valence electrons. The number of anilines is 1. The van der Waals surface area contributed by atoms with Gasteiger partial charge in [0.25, 0.3) is 5.91 Å². The quantitative estimate of drug-likeness (QED) is 0.543. The minimum absolute atomic E-state index is 0.117. The molecule has 3 aromatic rings. The first-order valence-electron chi connectivity index (χ1n) is 10.9. The number of rotatable bonds is 6. The lowest BCUT2D eigenvalue weighted by Gasteiger charge is -2.27. The van der Waals surface area contributed by atoms with E-state index in [1.807, 2.05) is 6.07 Å². The fraction of sp³-hybridized carbons (Fsp3) is 0.269. The maximum Gasteiger partial charge on any atom is 0.251 e. The highest BCUT2D eigenvalue weighted by Gasteiger charge is 2.37. The van der Waals surface area contributed by atoms with Gasteiger partial charge in [-0.1, -0.05) is 42.5 Å². The number of benzene rings is 3. The Morgan fingerprint density at radius 1 is 1.00 bits per heavy atom. The molecule has 2 atom stereocenters. The second kappa shape index (κ2) is 8.53. The second-order valence-electron chi connectivity index (χ2n) is 8.63. The van der Waals surface area contributed by atoms with Gasteiger partial charge in [-0.05, 0) is 59.0 Å². The van der Waals surface area contributed by atoms with Gasteiger partial charge < -0.3 is 16.4 Å². The van der Waals surface area contributed by atoms with E-state index in [-0.39, 0.29) is 5.91 Å². The molecule has 0 aliphatic carbocycles. The van der Waals surface area contributed by atoms with Crippen LogP contribution in [0.15, 0.2) is 72.8 Å². The van der Waals surface area contributed by atoms with Crippen molar-refractivity contribution >= 4 is 11.6 Å². The molecule has 1 amide bonds. The van der Waals surface area contributed by atoms with Crippen LogP contribution in [0.1, 0.15) is 27.9 Å². The van der Waals surface area contributed by atoms with Crippen LogP contribution in [-0.4, -0.2) is 36.0 Å². The van der Waals surface area contributed by atoms with Crippen LogP contribution in [0.25, 0.3) is 11.1 Å². The summed E-state index contributed by atoms with van der Waals surface area (Å²) >= 11 is 0. The lowest BCUT2D eigenvalue weighted by Crippen LogP contribution is -2.42. The third kappa shape index (κ3) is 4.48. The van der Waals surface area contributed by atoms with Crippen LogP contribution < -0.4 is 16.4 Å². The highest BCUT2D eigenvalue weighted by molar-refractivity contribution is 5.94. The Hall–Kier alpha value is -3.15. The Balaban J connectivity index is 1.26. The summed E-state index contributed by atoms with van der Waals surface area (Å²) in [5, 5.41) is 6.56. The molecule has 0 saturated carbocycles. The van der Waals surface area contributed by atoms with Gasteiger partial charge in [0.15, 0.2) is 0 Å². The van der Waals surface area contributed by atoms with Crippen LogP contribution in [0.3, 0.4) is 0 Å². The first-order valence-corrected chi connectivity index (χ1v) is 10.9. The van der Waals surface area contributed by atoms with E-state index in [1.165, 1.54) is 23.1 Å². The number of likely N-dealkylation sites (tertiary alicyclic amines) is 1. The summed E-state index contributed by atoms with van der Waals surface area (Å²) in [5.74, 6) is -0.117. The van der Waals surface area contributed by atoms with Gasteiger partial charge in [0.2, 0.25) is 0 Å². The maximum atomic E-state index is 12.4. The molecular formula is C26H28N4O. The first kappa shape index (κ1) is 19.8. The smallest absolute Gasteiger partial charge is 0.251 e. The highest BCUT2D eigenvalue weighted by atomic mass is 16.1. The van der Waals surface area contributed by atoms with Crippen molar-refractivity contribution in [2.75, 3.05) is 18.8 Å². The van der Waals surface area contributed by atoms with Gasteiger partial charge in [-0.25, -0.2) is 0 Å². The van der Waals surface area contributed by atoms with Crippen molar-refractivity contribution in [2.45, 2.75) is 31.6 Å². The number of carbonyl (C=O) groups is 1. The molecule has 31 heavy (non-hydrogen) atoms. The van der Waals surface area contributed by atoms with E-state index in [0.717, 1.165) is 25.2 Å². The van der Waals surface area contributed by atoms with Crippen LogP contribution in [0.4, 0.5) is 5.69 Å². The molecule has 4 N–H and O–H groups in total. The molecular weight excluding hydrogens is 384 g/mol. The fourth-order valence-corrected chi connectivity index (χ4v) is 4.75. The minimum atomic E-state index is -0.117. The zero-order valence-electron chi connectivity index (χ0n) is 17.6. The lowest BCUT2D eigenvalue weighted by atomic mass is 10.0. The Labute approximate surface area is 183 Å². The molecule has 0 spiro atoms. The summed E-state index contributed by atoms with van der Waals surface area (Å²) in [5.41, 5.74) is 11.8. The normalized spacial score (nSPS) is 20.1. The van der Waals surface area contributed by atoms with Crippen LogP contribution in [0, 0.1) is 0 Å². The molecule has 2 saturated heterocycles. The Bertz CT molecular complexity index is 1100. The van der Waals surface area contributed by atoms with E-state index in [1.54, 1.807) is 24.3 Å². The predicted molar refractivity (Wildman–Crippen MR) is 125 cm³/mol. The number of carbonyl (C=O) groups excluding carboxylic acids is 1. The summed E-state index contributed by atoms with van der Waals surface area (Å²) < 4.78 is 0. The minimum Gasteiger partial charge on any atom is -0.399 e. The number of nitrogen functional groups attached to an aromatic ring is 1. The molecule has 0 radical (unpaired) electrons. The number of hydrogen-bond acceptors (Lipinski definition) is 4. The van der Waals surface area contributed by atoms with Crippen LogP contribution in [0.5, 0.6) is 0 Å². The van der Waals surface area contributed by atoms with Crippen molar-refractivity contribution in [2.24, 2.45) is 0 Å². The summed E-state index contributed by atoms with van der Waals surface area (Å²) in [4.78, 5) is 15.0.